The van der Waals surface area contributed by atoms with Crippen LogP contribution in [0.4, 0.5) is 0 Å². The molecule has 1 unspecified atom stereocenters. The van der Waals surface area contributed by atoms with Gasteiger partial charge in [0.15, 0.2) is 0 Å². The summed E-state index contributed by atoms with van der Waals surface area (Å²) in [6.07, 6.45) is 5.52. The lowest BCUT2D eigenvalue weighted by Gasteiger charge is -2.30. The van der Waals surface area contributed by atoms with E-state index >= 15 is 0 Å². The molecule has 1 atom stereocenters. The number of aliphatic hydroxyl groups is 1. The van der Waals surface area contributed by atoms with Crippen LogP contribution in [0.5, 0.6) is 0 Å². The predicted octanol–water partition coefficient (Wildman–Crippen LogP) is 2.46. The first-order valence-electron chi connectivity index (χ1n) is 6.39. The molecule has 0 aliphatic heterocycles. The summed E-state index contributed by atoms with van der Waals surface area (Å²) in [5.74, 6) is 0. The van der Waals surface area contributed by atoms with Crippen LogP contribution >= 0.6 is 0 Å². The molecule has 94 valence electrons. The van der Waals surface area contributed by atoms with Crippen LogP contribution in [0.15, 0.2) is 36.9 Å². The Bertz CT molecular complexity index is 569. The van der Waals surface area contributed by atoms with Gasteiger partial charge < -0.3 is 5.11 Å². The lowest BCUT2D eigenvalue weighted by atomic mass is 9.92. The molecule has 0 amide bonds. The summed E-state index contributed by atoms with van der Waals surface area (Å²) >= 11 is 0. The van der Waals surface area contributed by atoms with E-state index < -0.39 is 5.60 Å². The molecule has 1 aliphatic carbocycles. The maximum atomic E-state index is 10.7. The van der Waals surface area contributed by atoms with Crippen molar-refractivity contribution in [2.75, 3.05) is 0 Å². The van der Waals surface area contributed by atoms with E-state index in [2.05, 4.69) is 16.9 Å². The normalized spacial score (nSPS) is 20.1. The minimum Gasteiger partial charge on any atom is -0.387 e. The molecule has 2 aromatic rings. The van der Waals surface area contributed by atoms with Gasteiger partial charge >= 0.3 is 0 Å². The third kappa shape index (κ3) is 1.64. The molecule has 0 radical (unpaired) electrons. The standard InChI is InChI=1S/C14H17N3O/c1-2-13(14(18)9-5-6-10-14)17-12-8-4-3-7-11(12)15-16-17/h2-4,7-8,13,18H,1,5-6,9-10H2. The Kier molecular flexibility index (Phi) is 2.67. The summed E-state index contributed by atoms with van der Waals surface area (Å²) in [7, 11) is 0. The molecule has 4 nitrogen and oxygen atoms in total. The Morgan fingerprint density at radius 2 is 2.06 bits per heavy atom. The molecule has 1 saturated carbocycles. The van der Waals surface area contributed by atoms with Gasteiger partial charge in [0.1, 0.15) is 11.6 Å². The van der Waals surface area contributed by atoms with E-state index in [1.807, 2.05) is 24.3 Å². The molecule has 1 aromatic heterocycles. The third-order valence-corrected chi connectivity index (χ3v) is 3.88. The first kappa shape index (κ1) is 11.4. The molecule has 18 heavy (non-hydrogen) atoms. The summed E-state index contributed by atoms with van der Waals surface area (Å²) in [6.45, 7) is 3.86. The zero-order chi connectivity index (χ0) is 12.6. The zero-order valence-corrected chi connectivity index (χ0v) is 10.3. The highest BCUT2D eigenvalue weighted by atomic mass is 16.3. The number of hydrogen-bond acceptors (Lipinski definition) is 3. The third-order valence-electron chi connectivity index (χ3n) is 3.88. The first-order chi connectivity index (χ1) is 8.74. The van der Waals surface area contributed by atoms with Crippen LogP contribution in [0.2, 0.25) is 0 Å². The van der Waals surface area contributed by atoms with Crippen molar-refractivity contribution in [3.63, 3.8) is 0 Å². The Balaban J connectivity index is 2.09. The molecular formula is C14H17N3O. The number of rotatable bonds is 3. The van der Waals surface area contributed by atoms with Gasteiger partial charge in [0.2, 0.25) is 0 Å². The number of aromatic nitrogens is 3. The Labute approximate surface area is 106 Å². The van der Waals surface area contributed by atoms with Crippen molar-refractivity contribution >= 4 is 11.0 Å². The molecule has 1 aliphatic rings. The maximum absolute atomic E-state index is 10.7. The first-order valence-corrected chi connectivity index (χ1v) is 6.39. The second-order valence-electron chi connectivity index (χ2n) is 5.01. The fourth-order valence-corrected chi connectivity index (χ4v) is 2.92. The van der Waals surface area contributed by atoms with E-state index in [1.165, 1.54) is 0 Å². The zero-order valence-electron chi connectivity index (χ0n) is 10.3. The van der Waals surface area contributed by atoms with Crippen molar-refractivity contribution < 1.29 is 5.11 Å². The number of para-hydroxylation sites is 1. The van der Waals surface area contributed by atoms with Crippen molar-refractivity contribution in [2.45, 2.75) is 37.3 Å². The minimum absolute atomic E-state index is 0.201. The number of hydrogen-bond donors (Lipinski definition) is 1. The highest BCUT2D eigenvalue weighted by Crippen LogP contribution is 2.39. The van der Waals surface area contributed by atoms with Crippen LogP contribution in [-0.2, 0) is 0 Å². The summed E-state index contributed by atoms with van der Waals surface area (Å²) in [4.78, 5) is 0. The van der Waals surface area contributed by atoms with Gasteiger partial charge in [0.25, 0.3) is 0 Å². The molecular weight excluding hydrogens is 226 g/mol. The highest BCUT2D eigenvalue weighted by Gasteiger charge is 2.40. The van der Waals surface area contributed by atoms with Crippen LogP contribution in [0.3, 0.4) is 0 Å². The van der Waals surface area contributed by atoms with Crippen molar-refractivity contribution in [2.24, 2.45) is 0 Å². The molecule has 1 aromatic carbocycles. The maximum Gasteiger partial charge on any atom is 0.113 e. The van der Waals surface area contributed by atoms with Gasteiger partial charge in [-0.3, -0.25) is 0 Å². The number of nitrogens with zero attached hydrogens (tertiary/aromatic N) is 3. The van der Waals surface area contributed by atoms with Crippen molar-refractivity contribution in [3.05, 3.63) is 36.9 Å². The van der Waals surface area contributed by atoms with Gasteiger partial charge in [-0.25, -0.2) is 4.68 Å². The fraction of sp³-hybridized carbons (Fsp3) is 0.429. The van der Waals surface area contributed by atoms with Crippen LogP contribution in [-0.4, -0.2) is 25.7 Å². The van der Waals surface area contributed by atoms with E-state index in [9.17, 15) is 5.11 Å². The van der Waals surface area contributed by atoms with Gasteiger partial charge in [-0.2, -0.15) is 0 Å². The monoisotopic (exact) mass is 243 g/mol. The molecule has 3 rings (SSSR count). The van der Waals surface area contributed by atoms with Gasteiger partial charge in [-0.1, -0.05) is 36.3 Å². The fourth-order valence-electron chi connectivity index (χ4n) is 2.92. The van der Waals surface area contributed by atoms with Crippen molar-refractivity contribution in [3.8, 4) is 0 Å². The highest BCUT2D eigenvalue weighted by molar-refractivity contribution is 5.74. The average molecular weight is 243 g/mol. The molecule has 0 bridgehead atoms. The van der Waals surface area contributed by atoms with Crippen LogP contribution in [0.25, 0.3) is 11.0 Å². The quantitative estimate of drug-likeness (QED) is 0.842. The Hall–Kier alpha value is -1.68. The summed E-state index contributed by atoms with van der Waals surface area (Å²) in [5.41, 5.74) is 1.08. The number of fused-ring (bicyclic) bond motifs is 1. The van der Waals surface area contributed by atoms with Gasteiger partial charge in [0.05, 0.1) is 11.1 Å². The number of benzene rings is 1. The summed E-state index contributed by atoms with van der Waals surface area (Å²) < 4.78 is 1.80. The Morgan fingerprint density at radius 1 is 1.33 bits per heavy atom. The largest absolute Gasteiger partial charge is 0.387 e. The summed E-state index contributed by atoms with van der Waals surface area (Å²) in [5, 5.41) is 19.1. The van der Waals surface area contributed by atoms with Gasteiger partial charge in [-0.15, -0.1) is 11.7 Å². The molecule has 1 fully saturated rings. The average Bonchev–Trinajstić information content (AvgIpc) is 2.99. The van der Waals surface area contributed by atoms with E-state index in [0.29, 0.717) is 0 Å². The van der Waals surface area contributed by atoms with Crippen LogP contribution < -0.4 is 0 Å². The topological polar surface area (TPSA) is 50.9 Å². The van der Waals surface area contributed by atoms with E-state index in [1.54, 1.807) is 10.8 Å². The van der Waals surface area contributed by atoms with Gasteiger partial charge in [0, 0.05) is 0 Å². The lowest BCUT2D eigenvalue weighted by molar-refractivity contribution is 0.00834. The van der Waals surface area contributed by atoms with Crippen molar-refractivity contribution in [1.82, 2.24) is 15.0 Å². The second-order valence-corrected chi connectivity index (χ2v) is 5.01. The Morgan fingerprint density at radius 3 is 2.78 bits per heavy atom. The smallest absolute Gasteiger partial charge is 0.113 e. The van der Waals surface area contributed by atoms with Crippen LogP contribution in [0, 0.1) is 0 Å². The lowest BCUT2D eigenvalue weighted by Crippen LogP contribution is -2.36. The van der Waals surface area contributed by atoms with Crippen molar-refractivity contribution in [1.29, 1.82) is 0 Å². The molecule has 1 heterocycles. The SMILES string of the molecule is C=CC(n1nnc2ccccc21)C1(O)CCCC1. The van der Waals surface area contributed by atoms with E-state index in [-0.39, 0.29) is 6.04 Å². The summed E-state index contributed by atoms with van der Waals surface area (Å²) in [6, 6.07) is 7.60. The minimum atomic E-state index is -0.724. The molecule has 4 heteroatoms. The molecule has 0 saturated heterocycles. The van der Waals surface area contributed by atoms with E-state index in [0.717, 1.165) is 36.7 Å². The predicted molar refractivity (Wildman–Crippen MR) is 70.2 cm³/mol. The van der Waals surface area contributed by atoms with E-state index in [4.69, 9.17) is 0 Å². The van der Waals surface area contributed by atoms with Gasteiger partial charge in [-0.05, 0) is 25.0 Å². The molecule has 0 spiro atoms. The van der Waals surface area contributed by atoms with Crippen LogP contribution in [0.1, 0.15) is 31.7 Å². The molecule has 1 N–H and O–H groups in total. The second kappa shape index (κ2) is 4.21.